The second-order valence-corrected chi connectivity index (χ2v) is 7.62. The van der Waals surface area contributed by atoms with Gasteiger partial charge in [0, 0.05) is 37.8 Å². The van der Waals surface area contributed by atoms with Gasteiger partial charge in [0.1, 0.15) is 5.75 Å². The Labute approximate surface area is 173 Å². The van der Waals surface area contributed by atoms with Crippen molar-refractivity contribution >= 4 is 23.3 Å². The number of nitrogens with zero attached hydrogens (tertiary/aromatic N) is 4. The largest absolute Gasteiger partial charge is 0.496 e. The first-order chi connectivity index (χ1) is 14.2. The highest BCUT2D eigenvalue weighted by atomic mass is 32.1. The summed E-state index contributed by atoms with van der Waals surface area (Å²) in [5, 5.41) is 6.06. The minimum atomic E-state index is 0.00935. The predicted octanol–water partition coefficient (Wildman–Crippen LogP) is 3.16. The van der Waals surface area contributed by atoms with E-state index in [-0.39, 0.29) is 5.91 Å². The number of ether oxygens (including phenoxy) is 1. The van der Waals surface area contributed by atoms with Crippen LogP contribution >= 0.6 is 11.3 Å². The highest BCUT2D eigenvalue weighted by Gasteiger charge is 2.21. The standard InChI is InChI=1S/C21H22N4O3S/c1-27-17-6-3-2-5-16(17)8-9-20(26)25-12-10-24(11-13-25)15-19-22-21(28-23-19)18-7-4-14-29-18/h2-9,14H,10-13,15H2,1H3/b9-8+. The molecule has 0 N–H and O–H groups in total. The minimum absolute atomic E-state index is 0.00935. The Hall–Kier alpha value is -2.97. The third kappa shape index (κ3) is 4.72. The lowest BCUT2D eigenvalue weighted by atomic mass is 10.2. The number of rotatable bonds is 6. The molecule has 7 nitrogen and oxygen atoms in total. The van der Waals surface area contributed by atoms with Crippen LogP contribution in [0.2, 0.25) is 0 Å². The molecule has 0 saturated carbocycles. The fraction of sp³-hybridized carbons (Fsp3) is 0.286. The molecule has 0 bridgehead atoms. The molecule has 1 aromatic carbocycles. The minimum Gasteiger partial charge on any atom is -0.496 e. The first-order valence-electron chi connectivity index (χ1n) is 9.42. The van der Waals surface area contributed by atoms with Crippen molar-refractivity contribution in [2.75, 3.05) is 33.3 Å². The summed E-state index contributed by atoms with van der Waals surface area (Å²) >= 11 is 1.58. The lowest BCUT2D eigenvalue weighted by Crippen LogP contribution is -2.47. The SMILES string of the molecule is COc1ccccc1/C=C/C(=O)N1CCN(Cc2noc(-c3cccs3)n2)CC1. The molecule has 1 amide bonds. The van der Waals surface area contributed by atoms with E-state index in [1.54, 1.807) is 30.6 Å². The topological polar surface area (TPSA) is 71.7 Å². The number of hydrogen-bond acceptors (Lipinski definition) is 7. The molecular formula is C21H22N4O3S. The van der Waals surface area contributed by atoms with Crippen molar-refractivity contribution in [3.8, 4) is 16.5 Å². The molecular weight excluding hydrogens is 388 g/mol. The quantitative estimate of drug-likeness (QED) is 0.582. The molecule has 1 aliphatic rings. The summed E-state index contributed by atoms with van der Waals surface area (Å²) in [6.07, 6.45) is 3.42. The molecule has 0 spiro atoms. The smallest absolute Gasteiger partial charge is 0.268 e. The highest BCUT2D eigenvalue weighted by Crippen LogP contribution is 2.23. The van der Waals surface area contributed by atoms with Crippen LogP contribution < -0.4 is 4.74 Å². The molecule has 0 aliphatic carbocycles. The number of methoxy groups -OCH3 is 1. The number of carbonyl (C=O) groups is 1. The van der Waals surface area contributed by atoms with Gasteiger partial charge in [-0.1, -0.05) is 29.4 Å². The highest BCUT2D eigenvalue weighted by molar-refractivity contribution is 7.13. The fourth-order valence-electron chi connectivity index (χ4n) is 3.22. The van der Waals surface area contributed by atoms with Crippen LogP contribution in [0.4, 0.5) is 0 Å². The number of aromatic nitrogens is 2. The molecule has 4 rings (SSSR count). The molecule has 8 heteroatoms. The van der Waals surface area contributed by atoms with Crippen LogP contribution in [0.5, 0.6) is 5.75 Å². The van der Waals surface area contributed by atoms with E-state index in [0.29, 0.717) is 31.3 Å². The lowest BCUT2D eigenvalue weighted by Gasteiger charge is -2.33. The fourth-order valence-corrected chi connectivity index (χ4v) is 3.86. The zero-order valence-corrected chi connectivity index (χ0v) is 17.0. The first-order valence-corrected chi connectivity index (χ1v) is 10.3. The molecule has 0 atom stereocenters. The van der Waals surface area contributed by atoms with Gasteiger partial charge in [-0.05, 0) is 23.6 Å². The van der Waals surface area contributed by atoms with Crippen molar-refractivity contribution in [3.05, 3.63) is 59.2 Å². The molecule has 150 valence electrons. The number of thiophene rings is 1. The van der Waals surface area contributed by atoms with E-state index in [2.05, 4.69) is 15.0 Å². The Morgan fingerprint density at radius 2 is 2.03 bits per heavy atom. The average molecular weight is 410 g/mol. The van der Waals surface area contributed by atoms with E-state index in [9.17, 15) is 4.79 Å². The zero-order chi connectivity index (χ0) is 20.1. The number of carbonyl (C=O) groups excluding carboxylic acids is 1. The maximum atomic E-state index is 12.5. The van der Waals surface area contributed by atoms with E-state index in [4.69, 9.17) is 9.26 Å². The van der Waals surface area contributed by atoms with Crippen LogP contribution in [0, 0.1) is 0 Å². The molecule has 2 aromatic heterocycles. The van der Waals surface area contributed by atoms with Gasteiger partial charge in [-0.3, -0.25) is 9.69 Å². The third-order valence-corrected chi connectivity index (χ3v) is 5.65. The van der Waals surface area contributed by atoms with Crippen LogP contribution in [0.25, 0.3) is 16.8 Å². The van der Waals surface area contributed by atoms with Crippen LogP contribution in [-0.2, 0) is 11.3 Å². The second kappa shape index (κ2) is 9.02. The van der Waals surface area contributed by atoms with E-state index in [1.807, 2.05) is 46.7 Å². The molecule has 3 aromatic rings. The molecule has 1 saturated heterocycles. The van der Waals surface area contributed by atoms with E-state index < -0.39 is 0 Å². The second-order valence-electron chi connectivity index (χ2n) is 6.67. The van der Waals surface area contributed by atoms with Gasteiger partial charge in [-0.25, -0.2) is 0 Å². The van der Waals surface area contributed by atoms with E-state index >= 15 is 0 Å². The molecule has 1 aliphatic heterocycles. The summed E-state index contributed by atoms with van der Waals surface area (Å²) in [5.74, 6) is 1.99. The average Bonchev–Trinajstić information content (AvgIpc) is 3.45. The van der Waals surface area contributed by atoms with Crippen molar-refractivity contribution in [3.63, 3.8) is 0 Å². The number of hydrogen-bond donors (Lipinski definition) is 0. The number of para-hydroxylation sites is 1. The van der Waals surface area contributed by atoms with Crippen LogP contribution in [0.1, 0.15) is 11.4 Å². The Balaban J connectivity index is 1.29. The lowest BCUT2D eigenvalue weighted by molar-refractivity contribution is -0.127. The van der Waals surface area contributed by atoms with Gasteiger partial charge in [0.15, 0.2) is 5.82 Å². The van der Waals surface area contributed by atoms with Gasteiger partial charge in [-0.15, -0.1) is 11.3 Å². The molecule has 3 heterocycles. The maximum absolute atomic E-state index is 12.5. The summed E-state index contributed by atoms with van der Waals surface area (Å²) in [5.41, 5.74) is 0.889. The number of piperazine rings is 1. The maximum Gasteiger partial charge on any atom is 0.268 e. The number of amides is 1. The summed E-state index contributed by atoms with van der Waals surface area (Å²) in [7, 11) is 1.63. The van der Waals surface area contributed by atoms with Gasteiger partial charge in [0.25, 0.3) is 5.89 Å². The van der Waals surface area contributed by atoms with Gasteiger partial charge >= 0.3 is 0 Å². The Kier molecular flexibility index (Phi) is 6.02. The monoisotopic (exact) mass is 410 g/mol. The molecule has 1 fully saturated rings. The van der Waals surface area contributed by atoms with Crippen molar-refractivity contribution in [1.29, 1.82) is 0 Å². The normalized spacial score (nSPS) is 15.1. The van der Waals surface area contributed by atoms with Crippen LogP contribution in [0.3, 0.4) is 0 Å². The predicted molar refractivity (Wildman–Crippen MR) is 111 cm³/mol. The van der Waals surface area contributed by atoms with Crippen LogP contribution in [0.15, 0.2) is 52.4 Å². The van der Waals surface area contributed by atoms with Crippen molar-refractivity contribution in [2.45, 2.75) is 6.54 Å². The molecule has 0 unspecified atom stereocenters. The summed E-state index contributed by atoms with van der Waals surface area (Å²) in [6.45, 7) is 3.51. The zero-order valence-electron chi connectivity index (χ0n) is 16.2. The molecule has 29 heavy (non-hydrogen) atoms. The first kappa shape index (κ1) is 19.4. The van der Waals surface area contributed by atoms with E-state index in [1.165, 1.54) is 0 Å². The Morgan fingerprint density at radius 1 is 1.21 bits per heavy atom. The van der Waals surface area contributed by atoms with Gasteiger partial charge in [-0.2, -0.15) is 4.98 Å². The summed E-state index contributed by atoms with van der Waals surface area (Å²) in [4.78, 5) is 22.0. The van der Waals surface area contributed by atoms with Crippen molar-refractivity contribution in [1.82, 2.24) is 19.9 Å². The van der Waals surface area contributed by atoms with Gasteiger partial charge < -0.3 is 14.2 Å². The van der Waals surface area contributed by atoms with Crippen molar-refractivity contribution in [2.24, 2.45) is 0 Å². The van der Waals surface area contributed by atoms with Crippen molar-refractivity contribution < 1.29 is 14.1 Å². The van der Waals surface area contributed by atoms with Gasteiger partial charge in [0.05, 0.1) is 18.5 Å². The summed E-state index contributed by atoms with van der Waals surface area (Å²) in [6, 6.07) is 11.6. The van der Waals surface area contributed by atoms with Gasteiger partial charge in [0.2, 0.25) is 5.91 Å². The number of benzene rings is 1. The Bertz CT molecular complexity index is 975. The van der Waals surface area contributed by atoms with Crippen LogP contribution in [-0.4, -0.2) is 59.1 Å². The Morgan fingerprint density at radius 3 is 2.79 bits per heavy atom. The van der Waals surface area contributed by atoms with E-state index in [0.717, 1.165) is 29.3 Å². The molecule has 0 radical (unpaired) electrons. The third-order valence-electron chi connectivity index (χ3n) is 4.79. The summed E-state index contributed by atoms with van der Waals surface area (Å²) < 4.78 is 10.7.